The maximum Gasteiger partial charge on any atom is 0.237 e. The molecule has 1 aliphatic rings. The van der Waals surface area contributed by atoms with Crippen molar-refractivity contribution in [3.63, 3.8) is 0 Å². The molecule has 1 aliphatic heterocycles. The van der Waals surface area contributed by atoms with E-state index in [0.717, 1.165) is 55.7 Å². The molecule has 1 N–H and O–H groups in total. The second-order valence-electron chi connectivity index (χ2n) is 5.51. The SMILES string of the molecule is C=CCn1c(SCc2nc(CC)no2)nnc1C1CCNCC1. The van der Waals surface area contributed by atoms with Crippen molar-refractivity contribution in [1.29, 1.82) is 0 Å². The smallest absolute Gasteiger partial charge is 0.237 e. The van der Waals surface area contributed by atoms with Crippen LogP contribution in [0.4, 0.5) is 0 Å². The van der Waals surface area contributed by atoms with E-state index in [1.165, 1.54) is 0 Å². The molecule has 3 heterocycles. The highest BCUT2D eigenvalue weighted by molar-refractivity contribution is 7.98. The summed E-state index contributed by atoms with van der Waals surface area (Å²) in [6.45, 7) is 8.66. The number of hydrogen-bond acceptors (Lipinski definition) is 7. The van der Waals surface area contributed by atoms with E-state index in [-0.39, 0.29) is 0 Å². The van der Waals surface area contributed by atoms with Crippen molar-refractivity contribution in [2.24, 2.45) is 0 Å². The van der Waals surface area contributed by atoms with Crippen LogP contribution in [-0.4, -0.2) is 38.0 Å². The third-order valence-electron chi connectivity index (χ3n) is 3.91. The van der Waals surface area contributed by atoms with E-state index in [1.54, 1.807) is 11.8 Å². The van der Waals surface area contributed by atoms with Gasteiger partial charge in [-0.15, -0.1) is 16.8 Å². The number of aryl methyl sites for hydroxylation is 1. The summed E-state index contributed by atoms with van der Waals surface area (Å²) in [4.78, 5) is 4.33. The molecule has 0 bridgehead atoms. The van der Waals surface area contributed by atoms with Gasteiger partial charge in [-0.2, -0.15) is 4.98 Å². The lowest BCUT2D eigenvalue weighted by Gasteiger charge is -2.22. The molecule has 3 rings (SSSR count). The highest BCUT2D eigenvalue weighted by Gasteiger charge is 2.23. The molecule has 0 radical (unpaired) electrons. The fraction of sp³-hybridized carbons (Fsp3) is 0.600. The normalized spacial score (nSPS) is 15.9. The minimum atomic E-state index is 0.466. The molecule has 0 aliphatic carbocycles. The minimum absolute atomic E-state index is 0.466. The van der Waals surface area contributed by atoms with Crippen LogP contribution < -0.4 is 5.32 Å². The first-order valence-corrected chi connectivity index (χ1v) is 8.99. The lowest BCUT2D eigenvalue weighted by molar-refractivity contribution is 0.385. The molecular formula is C15H22N6OS. The van der Waals surface area contributed by atoms with Crippen molar-refractivity contribution in [2.75, 3.05) is 13.1 Å². The molecule has 23 heavy (non-hydrogen) atoms. The first-order chi connectivity index (χ1) is 11.3. The number of nitrogens with one attached hydrogen (secondary N) is 1. The van der Waals surface area contributed by atoms with Gasteiger partial charge in [0.25, 0.3) is 0 Å². The van der Waals surface area contributed by atoms with E-state index in [0.29, 0.717) is 17.6 Å². The van der Waals surface area contributed by atoms with Gasteiger partial charge in [0.2, 0.25) is 5.89 Å². The van der Waals surface area contributed by atoms with Crippen molar-refractivity contribution >= 4 is 11.8 Å². The summed E-state index contributed by atoms with van der Waals surface area (Å²) in [5, 5.41) is 17.0. The quantitative estimate of drug-likeness (QED) is 0.614. The maximum absolute atomic E-state index is 5.23. The third-order valence-corrected chi connectivity index (χ3v) is 4.86. The number of allylic oxidation sites excluding steroid dienone is 1. The fourth-order valence-electron chi connectivity index (χ4n) is 2.71. The Morgan fingerprint density at radius 1 is 1.39 bits per heavy atom. The van der Waals surface area contributed by atoms with Gasteiger partial charge in [-0.3, -0.25) is 0 Å². The van der Waals surface area contributed by atoms with Crippen LogP contribution in [0.15, 0.2) is 22.3 Å². The van der Waals surface area contributed by atoms with E-state index in [2.05, 4.69) is 36.8 Å². The predicted molar refractivity (Wildman–Crippen MR) is 88.3 cm³/mol. The number of aromatic nitrogens is 5. The summed E-state index contributed by atoms with van der Waals surface area (Å²) in [6, 6.07) is 0. The largest absolute Gasteiger partial charge is 0.338 e. The lowest BCUT2D eigenvalue weighted by Crippen LogP contribution is -2.28. The Kier molecular flexibility index (Phi) is 5.45. The third kappa shape index (κ3) is 3.81. The van der Waals surface area contributed by atoms with Crippen LogP contribution in [0.2, 0.25) is 0 Å². The van der Waals surface area contributed by atoms with Crippen LogP contribution in [0.5, 0.6) is 0 Å². The van der Waals surface area contributed by atoms with Crippen LogP contribution in [0.25, 0.3) is 0 Å². The summed E-state index contributed by atoms with van der Waals surface area (Å²) in [6.07, 6.45) is 4.87. The Morgan fingerprint density at radius 2 is 2.22 bits per heavy atom. The van der Waals surface area contributed by atoms with Crippen LogP contribution in [-0.2, 0) is 18.7 Å². The van der Waals surface area contributed by atoms with E-state index in [4.69, 9.17) is 4.52 Å². The molecule has 0 spiro atoms. The summed E-state index contributed by atoms with van der Waals surface area (Å²) < 4.78 is 7.39. The zero-order valence-electron chi connectivity index (χ0n) is 13.4. The molecule has 0 atom stereocenters. The average Bonchev–Trinajstić information content (AvgIpc) is 3.21. The minimum Gasteiger partial charge on any atom is -0.338 e. The van der Waals surface area contributed by atoms with Gasteiger partial charge in [-0.05, 0) is 25.9 Å². The fourth-order valence-corrected chi connectivity index (χ4v) is 3.50. The summed E-state index contributed by atoms with van der Waals surface area (Å²) in [5.74, 6) is 3.50. The topological polar surface area (TPSA) is 81.7 Å². The summed E-state index contributed by atoms with van der Waals surface area (Å²) in [7, 11) is 0. The van der Waals surface area contributed by atoms with E-state index < -0.39 is 0 Å². The van der Waals surface area contributed by atoms with Crippen LogP contribution in [0.3, 0.4) is 0 Å². The summed E-state index contributed by atoms with van der Waals surface area (Å²) in [5.41, 5.74) is 0. The van der Waals surface area contributed by atoms with Crippen LogP contribution in [0.1, 0.15) is 43.2 Å². The molecular weight excluding hydrogens is 312 g/mol. The molecule has 0 aromatic carbocycles. The molecule has 8 heteroatoms. The Balaban J connectivity index is 1.72. The molecule has 124 valence electrons. The van der Waals surface area contributed by atoms with Crippen LogP contribution >= 0.6 is 11.8 Å². The molecule has 2 aromatic heterocycles. The number of thioether (sulfide) groups is 1. The predicted octanol–water partition coefficient (Wildman–Crippen LogP) is 2.17. The maximum atomic E-state index is 5.23. The van der Waals surface area contributed by atoms with E-state index in [9.17, 15) is 0 Å². The monoisotopic (exact) mass is 334 g/mol. The Morgan fingerprint density at radius 3 is 2.91 bits per heavy atom. The molecule has 1 saturated heterocycles. The van der Waals surface area contributed by atoms with Gasteiger partial charge in [0.1, 0.15) is 5.82 Å². The van der Waals surface area contributed by atoms with Gasteiger partial charge >= 0.3 is 0 Å². The second-order valence-corrected chi connectivity index (χ2v) is 6.45. The van der Waals surface area contributed by atoms with Crippen molar-refractivity contribution < 1.29 is 4.52 Å². The Bertz CT molecular complexity index is 646. The molecule has 1 fully saturated rings. The lowest BCUT2D eigenvalue weighted by atomic mass is 9.97. The number of nitrogens with zero attached hydrogens (tertiary/aromatic N) is 5. The highest BCUT2D eigenvalue weighted by atomic mass is 32.2. The Hall–Kier alpha value is -1.67. The van der Waals surface area contributed by atoms with Gasteiger partial charge in [0.15, 0.2) is 11.0 Å². The average molecular weight is 334 g/mol. The van der Waals surface area contributed by atoms with Gasteiger partial charge < -0.3 is 14.4 Å². The number of rotatable bonds is 7. The highest BCUT2D eigenvalue weighted by Crippen LogP contribution is 2.28. The van der Waals surface area contributed by atoms with Gasteiger partial charge in [0.05, 0.1) is 5.75 Å². The van der Waals surface area contributed by atoms with Crippen LogP contribution in [0, 0.1) is 0 Å². The zero-order valence-corrected chi connectivity index (χ0v) is 14.2. The molecule has 0 saturated carbocycles. The van der Waals surface area contributed by atoms with E-state index >= 15 is 0 Å². The van der Waals surface area contributed by atoms with Crippen molar-refractivity contribution in [3.05, 3.63) is 30.2 Å². The Labute approximate surface area is 139 Å². The van der Waals surface area contributed by atoms with Crippen molar-refractivity contribution in [1.82, 2.24) is 30.2 Å². The van der Waals surface area contributed by atoms with Gasteiger partial charge in [0, 0.05) is 18.9 Å². The molecule has 0 unspecified atom stereocenters. The molecule has 7 nitrogen and oxygen atoms in total. The molecule has 2 aromatic rings. The second kappa shape index (κ2) is 7.74. The van der Waals surface area contributed by atoms with Gasteiger partial charge in [-0.1, -0.05) is 29.9 Å². The van der Waals surface area contributed by atoms with E-state index in [1.807, 2.05) is 13.0 Å². The number of piperidine rings is 1. The number of hydrogen-bond donors (Lipinski definition) is 1. The molecule has 0 amide bonds. The first kappa shape index (κ1) is 16.2. The first-order valence-electron chi connectivity index (χ1n) is 8.00. The zero-order chi connectivity index (χ0) is 16.1. The van der Waals surface area contributed by atoms with Crippen molar-refractivity contribution in [2.45, 2.75) is 49.6 Å². The summed E-state index contributed by atoms with van der Waals surface area (Å²) >= 11 is 1.58. The van der Waals surface area contributed by atoms with Gasteiger partial charge in [-0.25, -0.2) is 0 Å². The van der Waals surface area contributed by atoms with Crippen molar-refractivity contribution in [3.8, 4) is 0 Å². The standard InChI is InChI=1S/C15H22N6OS/c1-3-9-21-14(11-5-7-16-8-6-11)18-19-15(21)23-10-13-17-12(4-2)20-22-13/h3,11,16H,1,4-10H2,2H3.